The number of halogens is 2. The first-order valence-corrected chi connectivity index (χ1v) is 11.7. The molecule has 1 fully saturated rings. The number of piperazine rings is 1. The summed E-state index contributed by atoms with van der Waals surface area (Å²) in [5.41, 5.74) is 1.95. The van der Waals surface area contributed by atoms with E-state index in [-0.39, 0.29) is 24.4 Å². The Balaban J connectivity index is 0.00000385. The third kappa shape index (κ3) is 7.88. The molecule has 1 aliphatic rings. The molecule has 3 rings (SSSR count). The van der Waals surface area contributed by atoms with Crippen molar-refractivity contribution in [2.45, 2.75) is 47.3 Å². The average Bonchev–Trinajstić information content (AvgIpc) is 3.07. The monoisotopic (exact) mass is 498 g/mol. The molecule has 2 aromatic rings. The molecule has 1 aromatic heterocycles. The van der Waals surface area contributed by atoms with E-state index in [1.54, 1.807) is 4.90 Å². The summed E-state index contributed by atoms with van der Waals surface area (Å²) in [5, 5.41) is 5.40. The van der Waals surface area contributed by atoms with Crippen LogP contribution in [0.15, 0.2) is 24.3 Å². The minimum Gasteiger partial charge on any atom is -0.493 e. The second-order valence-electron chi connectivity index (χ2n) is 9.00. The number of amides is 1. The minimum absolute atomic E-state index is 0. The van der Waals surface area contributed by atoms with Crippen LogP contribution in [0, 0.1) is 12.8 Å². The van der Waals surface area contributed by atoms with Gasteiger partial charge in [0.1, 0.15) is 5.75 Å². The first kappa shape index (κ1) is 27.4. The maximum absolute atomic E-state index is 12.8. The summed E-state index contributed by atoms with van der Waals surface area (Å²) in [6.07, 6.45) is 0.203. The van der Waals surface area contributed by atoms with Crippen LogP contribution in [-0.2, 0) is 16.1 Å². The molecule has 0 atom stereocenters. The third-order valence-corrected chi connectivity index (χ3v) is 5.55. The fraction of sp³-hybridized carbons (Fsp3) is 0.583. The Kier molecular flexibility index (Phi) is 10.5. The van der Waals surface area contributed by atoms with Crippen LogP contribution in [0.1, 0.15) is 39.0 Å². The van der Waals surface area contributed by atoms with Gasteiger partial charge in [-0.2, -0.15) is 5.10 Å². The lowest BCUT2D eigenvalue weighted by Crippen LogP contribution is -2.51. The van der Waals surface area contributed by atoms with E-state index in [9.17, 15) is 4.79 Å². The molecule has 0 unspecified atom stereocenters. The molecule has 0 saturated carbocycles. The highest BCUT2D eigenvalue weighted by Gasteiger charge is 2.27. The Morgan fingerprint density at radius 2 is 1.91 bits per heavy atom. The molecule has 0 bridgehead atoms. The summed E-state index contributed by atoms with van der Waals surface area (Å²) in [7, 11) is 0. The van der Waals surface area contributed by atoms with Gasteiger partial charge in [0, 0.05) is 42.0 Å². The maximum Gasteiger partial charge on any atom is 0.242 e. The van der Waals surface area contributed by atoms with Crippen molar-refractivity contribution >= 4 is 35.7 Å². The van der Waals surface area contributed by atoms with Crippen LogP contribution in [-0.4, -0.2) is 66.1 Å². The molecule has 184 valence electrons. The third-order valence-electron chi connectivity index (χ3n) is 5.32. The largest absolute Gasteiger partial charge is 0.493 e. The molecule has 1 amide bonds. The van der Waals surface area contributed by atoms with Crippen LogP contribution in [0.3, 0.4) is 0 Å². The molecule has 7 nitrogen and oxygen atoms in total. The highest BCUT2D eigenvalue weighted by atomic mass is 35.5. The number of rotatable bonds is 10. The van der Waals surface area contributed by atoms with Crippen LogP contribution in [0.25, 0.3) is 0 Å². The molecular weight excluding hydrogens is 463 g/mol. The molecule has 9 heteroatoms. The van der Waals surface area contributed by atoms with Crippen molar-refractivity contribution in [2.24, 2.45) is 5.92 Å². The van der Waals surface area contributed by atoms with E-state index in [4.69, 9.17) is 26.2 Å². The second-order valence-corrected chi connectivity index (χ2v) is 9.44. The molecule has 2 heterocycles. The fourth-order valence-corrected chi connectivity index (χ4v) is 3.78. The Morgan fingerprint density at radius 3 is 2.58 bits per heavy atom. The summed E-state index contributed by atoms with van der Waals surface area (Å²) in [5.74, 6) is 2.00. The number of aromatic nitrogens is 2. The number of anilines is 1. The van der Waals surface area contributed by atoms with E-state index in [2.05, 4.69) is 18.7 Å². The van der Waals surface area contributed by atoms with E-state index in [1.165, 1.54) is 0 Å². The molecule has 0 N–H and O–H groups in total. The number of benzene rings is 1. The van der Waals surface area contributed by atoms with Gasteiger partial charge in [-0.25, -0.2) is 0 Å². The van der Waals surface area contributed by atoms with Crippen molar-refractivity contribution < 1.29 is 14.3 Å². The van der Waals surface area contributed by atoms with Crippen molar-refractivity contribution in [2.75, 3.05) is 44.3 Å². The van der Waals surface area contributed by atoms with Crippen LogP contribution in [0.4, 0.5) is 5.82 Å². The molecule has 0 aliphatic carbocycles. The van der Waals surface area contributed by atoms with Crippen molar-refractivity contribution in [1.29, 1.82) is 0 Å². The SMILES string of the molecule is Cc1cc(N2CCN(CCOC(C)C)CC2=O)nn1Cc1cc(Cl)ccc1OCC(C)C.Cl. The van der Waals surface area contributed by atoms with Gasteiger partial charge in [-0.3, -0.25) is 19.3 Å². The normalized spacial score (nSPS) is 14.8. The van der Waals surface area contributed by atoms with Gasteiger partial charge in [0.05, 0.1) is 32.4 Å². The van der Waals surface area contributed by atoms with Crippen LogP contribution < -0.4 is 9.64 Å². The Bertz CT molecular complexity index is 917. The number of aryl methyl sites for hydroxylation is 1. The van der Waals surface area contributed by atoms with Gasteiger partial charge < -0.3 is 9.47 Å². The number of hydrogen-bond donors (Lipinski definition) is 0. The summed E-state index contributed by atoms with van der Waals surface area (Å²) >= 11 is 6.25. The predicted octanol–water partition coefficient (Wildman–Crippen LogP) is 4.42. The number of nitrogens with zero attached hydrogens (tertiary/aromatic N) is 4. The number of carbonyl (C=O) groups is 1. The van der Waals surface area contributed by atoms with Gasteiger partial charge in [0.2, 0.25) is 5.91 Å². The Morgan fingerprint density at radius 1 is 1.15 bits per heavy atom. The highest BCUT2D eigenvalue weighted by Crippen LogP contribution is 2.26. The van der Waals surface area contributed by atoms with Gasteiger partial charge in [0.15, 0.2) is 5.82 Å². The molecule has 1 saturated heterocycles. The Hall–Kier alpha value is -1.80. The quantitative estimate of drug-likeness (QED) is 0.484. The van der Waals surface area contributed by atoms with Crippen LogP contribution in [0.5, 0.6) is 5.75 Å². The summed E-state index contributed by atoms with van der Waals surface area (Å²) in [4.78, 5) is 16.7. The first-order valence-electron chi connectivity index (χ1n) is 11.3. The summed E-state index contributed by atoms with van der Waals surface area (Å²) < 4.78 is 13.5. The van der Waals surface area contributed by atoms with E-state index in [0.717, 1.165) is 30.1 Å². The highest BCUT2D eigenvalue weighted by molar-refractivity contribution is 6.30. The van der Waals surface area contributed by atoms with Gasteiger partial charge in [0.25, 0.3) is 0 Å². The van der Waals surface area contributed by atoms with Gasteiger partial charge in [-0.15, -0.1) is 12.4 Å². The molecule has 33 heavy (non-hydrogen) atoms. The van der Waals surface area contributed by atoms with E-state index in [0.29, 0.717) is 49.6 Å². The fourth-order valence-electron chi connectivity index (χ4n) is 3.59. The molecule has 0 radical (unpaired) electrons. The first-order chi connectivity index (χ1) is 15.2. The van der Waals surface area contributed by atoms with E-state index >= 15 is 0 Å². The van der Waals surface area contributed by atoms with E-state index in [1.807, 2.05) is 49.7 Å². The lowest BCUT2D eigenvalue weighted by molar-refractivity contribution is -0.121. The van der Waals surface area contributed by atoms with Crippen molar-refractivity contribution in [3.05, 3.63) is 40.5 Å². The van der Waals surface area contributed by atoms with Gasteiger partial charge >= 0.3 is 0 Å². The average molecular weight is 499 g/mol. The van der Waals surface area contributed by atoms with Crippen molar-refractivity contribution in [1.82, 2.24) is 14.7 Å². The number of ether oxygens (including phenoxy) is 2. The summed E-state index contributed by atoms with van der Waals surface area (Å²) in [6, 6.07) is 7.63. The lowest BCUT2D eigenvalue weighted by Gasteiger charge is -2.33. The zero-order valence-electron chi connectivity index (χ0n) is 20.2. The molecule has 0 spiro atoms. The zero-order valence-corrected chi connectivity index (χ0v) is 21.8. The van der Waals surface area contributed by atoms with Crippen LogP contribution >= 0.6 is 24.0 Å². The standard InChI is InChI=1S/C24H35ClN4O3.ClH/c1-17(2)16-32-22-7-6-21(25)13-20(22)14-29-19(5)12-23(26-29)28-9-8-27(15-24(28)30)10-11-31-18(3)4;/h6-7,12-13,17-18H,8-11,14-16H2,1-5H3;1H. The van der Waals surface area contributed by atoms with Crippen molar-refractivity contribution in [3.63, 3.8) is 0 Å². The number of hydrogen-bond acceptors (Lipinski definition) is 5. The molecule has 1 aromatic carbocycles. The van der Waals surface area contributed by atoms with E-state index < -0.39 is 0 Å². The smallest absolute Gasteiger partial charge is 0.242 e. The van der Waals surface area contributed by atoms with Crippen molar-refractivity contribution in [3.8, 4) is 5.75 Å². The Labute approximate surface area is 208 Å². The number of carbonyl (C=O) groups excluding carboxylic acids is 1. The predicted molar refractivity (Wildman–Crippen MR) is 135 cm³/mol. The minimum atomic E-state index is 0. The lowest BCUT2D eigenvalue weighted by atomic mass is 10.2. The topological polar surface area (TPSA) is 59.8 Å². The summed E-state index contributed by atoms with van der Waals surface area (Å²) in [6.45, 7) is 14.7. The van der Waals surface area contributed by atoms with Crippen LogP contribution in [0.2, 0.25) is 5.02 Å². The molecular formula is C24H36Cl2N4O3. The van der Waals surface area contributed by atoms with Gasteiger partial charge in [-0.05, 0) is 44.9 Å². The van der Waals surface area contributed by atoms with Gasteiger partial charge in [-0.1, -0.05) is 25.4 Å². The maximum atomic E-state index is 12.8. The molecule has 1 aliphatic heterocycles. The second kappa shape index (κ2) is 12.6. The zero-order chi connectivity index (χ0) is 23.3.